The number of amides is 1. The van der Waals surface area contributed by atoms with E-state index >= 15 is 0 Å². The Bertz CT molecular complexity index is 247. The van der Waals surface area contributed by atoms with E-state index in [9.17, 15) is 4.79 Å². The van der Waals surface area contributed by atoms with E-state index in [1.54, 1.807) is 0 Å². The zero-order valence-electron chi connectivity index (χ0n) is 12.6. The van der Waals surface area contributed by atoms with Crippen LogP contribution < -0.4 is 5.32 Å². The van der Waals surface area contributed by atoms with Gasteiger partial charge in [-0.3, -0.25) is 4.79 Å². The fourth-order valence-corrected chi connectivity index (χ4v) is 1.81. The molecule has 106 valence electrons. The van der Waals surface area contributed by atoms with E-state index < -0.39 is 0 Å². The van der Waals surface area contributed by atoms with Gasteiger partial charge in [0.2, 0.25) is 5.91 Å². The van der Waals surface area contributed by atoms with Crippen LogP contribution in [0.1, 0.15) is 52.4 Å². The first-order chi connectivity index (χ1) is 8.61. The molecule has 0 aliphatic rings. The molecule has 0 aliphatic heterocycles. The van der Waals surface area contributed by atoms with Gasteiger partial charge in [-0.1, -0.05) is 38.7 Å². The number of allylic oxidation sites excluding steroid dienone is 1. The van der Waals surface area contributed by atoms with Crippen LogP contribution in [-0.4, -0.2) is 38.0 Å². The van der Waals surface area contributed by atoms with Crippen LogP contribution >= 0.6 is 0 Å². The maximum absolute atomic E-state index is 11.9. The van der Waals surface area contributed by atoms with Gasteiger partial charge in [0.25, 0.3) is 0 Å². The Morgan fingerprint density at radius 2 is 1.83 bits per heavy atom. The maximum atomic E-state index is 11.9. The van der Waals surface area contributed by atoms with Crippen molar-refractivity contribution in [3.63, 3.8) is 0 Å². The number of unbranched alkanes of at least 4 members (excludes halogenated alkanes) is 4. The molecule has 0 bridgehead atoms. The molecule has 1 amide bonds. The summed E-state index contributed by atoms with van der Waals surface area (Å²) in [6.07, 6.45) is 9.08. The lowest BCUT2D eigenvalue weighted by Crippen LogP contribution is -2.32. The summed E-state index contributed by atoms with van der Waals surface area (Å²) < 4.78 is 0. The van der Waals surface area contributed by atoms with E-state index in [0.717, 1.165) is 31.5 Å². The number of likely N-dealkylation sites (N-methyl/N-ethyl adjacent to an activating group) is 1. The summed E-state index contributed by atoms with van der Waals surface area (Å²) in [5.74, 6) is 0.106. The van der Waals surface area contributed by atoms with E-state index in [4.69, 9.17) is 0 Å². The molecule has 0 atom stereocenters. The Balaban J connectivity index is 3.77. The third-order valence-electron chi connectivity index (χ3n) is 3.03. The average Bonchev–Trinajstić information content (AvgIpc) is 2.33. The predicted molar refractivity (Wildman–Crippen MR) is 78.7 cm³/mol. The van der Waals surface area contributed by atoms with Crippen molar-refractivity contribution in [1.82, 2.24) is 10.2 Å². The van der Waals surface area contributed by atoms with E-state index in [1.807, 2.05) is 27.1 Å². The molecule has 0 aliphatic carbocycles. The molecule has 0 unspecified atom stereocenters. The molecule has 0 aromatic rings. The molecule has 1 N–H and O–H groups in total. The summed E-state index contributed by atoms with van der Waals surface area (Å²) in [6.45, 7) is 5.78. The lowest BCUT2D eigenvalue weighted by atomic mass is 10.1. The van der Waals surface area contributed by atoms with Crippen LogP contribution in [0.5, 0.6) is 0 Å². The van der Waals surface area contributed by atoms with Gasteiger partial charge in [-0.25, -0.2) is 0 Å². The van der Waals surface area contributed by atoms with Gasteiger partial charge >= 0.3 is 0 Å². The largest absolute Gasteiger partial charge is 0.351 e. The summed E-state index contributed by atoms with van der Waals surface area (Å²) in [4.78, 5) is 13.9. The average molecular weight is 254 g/mol. The second kappa shape index (κ2) is 11.3. The van der Waals surface area contributed by atoms with Crippen LogP contribution in [0.4, 0.5) is 0 Å². The zero-order chi connectivity index (χ0) is 13.8. The summed E-state index contributed by atoms with van der Waals surface area (Å²) in [7, 11) is 4.02. The normalized spacial score (nSPS) is 11.9. The Morgan fingerprint density at radius 1 is 1.17 bits per heavy atom. The highest BCUT2D eigenvalue weighted by Crippen LogP contribution is 2.11. The van der Waals surface area contributed by atoms with Gasteiger partial charge in [-0.2, -0.15) is 0 Å². The molecule has 0 fully saturated rings. The molecule has 0 rings (SSSR count). The van der Waals surface area contributed by atoms with Crippen molar-refractivity contribution in [1.29, 1.82) is 0 Å². The van der Waals surface area contributed by atoms with Crippen LogP contribution in [0.15, 0.2) is 11.6 Å². The van der Waals surface area contributed by atoms with Gasteiger partial charge in [0.15, 0.2) is 0 Å². The molecule has 0 saturated carbocycles. The SMILES string of the molecule is CC=C(CCCCCCC)C(=O)NCCN(C)C. The minimum absolute atomic E-state index is 0.106. The number of rotatable bonds is 10. The molecule has 3 heteroatoms. The first-order valence-electron chi connectivity index (χ1n) is 7.20. The van der Waals surface area contributed by atoms with Crippen LogP contribution in [0.25, 0.3) is 0 Å². The van der Waals surface area contributed by atoms with E-state index in [0.29, 0.717) is 0 Å². The molecule has 0 spiro atoms. The summed E-state index contributed by atoms with van der Waals surface area (Å²) in [5, 5.41) is 2.97. The molecular weight excluding hydrogens is 224 g/mol. The first kappa shape index (κ1) is 17.2. The van der Waals surface area contributed by atoms with E-state index in [-0.39, 0.29) is 5.91 Å². The predicted octanol–water partition coefficient (Wildman–Crippen LogP) is 2.97. The van der Waals surface area contributed by atoms with Gasteiger partial charge < -0.3 is 10.2 Å². The van der Waals surface area contributed by atoms with Gasteiger partial charge in [0, 0.05) is 18.7 Å². The fourth-order valence-electron chi connectivity index (χ4n) is 1.81. The number of carbonyl (C=O) groups is 1. The van der Waals surface area contributed by atoms with Gasteiger partial charge in [-0.15, -0.1) is 0 Å². The molecular formula is C15H30N2O. The van der Waals surface area contributed by atoms with Crippen molar-refractivity contribution >= 4 is 5.91 Å². The molecule has 3 nitrogen and oxygen atoms in total. The van der Waals surface area contributed by atoms with E-state index in [1.165, 1.54) is 25.7 Å². The van der Waals surface area contributed by atoms with Crippen molar-refractivity contribution < 1.29 is 4.79 Å². The van der Waals surface area contributed by atoms with E-state index in [2.05, 4.69) is 17.1 Å². The minimum atomic E-state index is 0.106. The molecule has 0 radical (unpaired) electrons. The molecule has 0 saturated heterocycles. The molecule has 0 aromatic heterocycles. The van der Waals surface area contributed by atoms with Crippen LogP contribution in [0.3, 0.4) is 0 Å². The number of nitrogens with one attached hydrogen (secondary N) is 1. The number of nitrogens with zero attached hydrogens (tertiary/aromatic N) is 1. The van der Waals surface area contributed by atoms with Gasteiger partial charge in [0.1, 0.15) is 0 Å². The Hall–Kier alpha value is -0.830. The fraction of sp³-hybridized carbons (Fsp3) is 0.800. The minimum Gasteiger partial charge on any atom is -0.351 e. The lowest BCUT2D eigenvalue weighted by Gasteiger charge is -2.12. The highest BCUT2D eigenvalue weighted by Gasteiger charge is 2.07. The molecule has 18 heavy (non-hydrogen) atoms. The number of carbonyl (C=O) groups excluding carboxylic acids is 1. The van der Waals surface area contributed by atoms with Gasteiger partial charge in [0.05, 0.1) is 0 Å². The third-order valence-corrected chi connectivity index (χ3v) is 3.03. The zero-order valence-corrected chi connectivity index (χ0v) is 12.6. The Labute approximate surface area is 113 Å². The topological polar surface area (TPSA) is 32.3 Å². The van der Waals surface area contributed by atoms with Crippen molar-refractivity contribution in [2.45, 2.75) is 52.4 Å². The van der Waals surface area contributed by atoms with Crippen LogP contribution in [-0.2, 0) is 4.79 Å². The monoisotopic (exact) mass is 254 g/mol. The highest BCUT2D eigenvalue weighted by atomic mass is 16.1. The number of hydrogen-bond donors (Lipinski definition) is 1. The standard InChI is InChI=1S/C15H30N2O/c1-5-7-8-9-10-11-14(6-2)15(18)16-12-13-17(3)4/h6H,5,7-13H2,1-4H3,(H,16,18). The van der Waals surface area contributed by atoms with Crippen molar-refractivity contribution in [3.8, 4) is 0 Å². The summed E-state index contributed by atoms with van der Waals surface area (Å²) in [5.41, 5.74) is 0.935. The first-order valence-corrected chi connectivity index (χ1v) is 7.20. The Morgan fingerprint density at radius 3 is 2.39 bits per heavy atom. The van der Waals surface area contributed by atoms with Crippen LogP contribution in [0, 0.1) is 0 Å². The van der Waals surface area contributed by atoms with Crippen LogP contribution in [0.2, 0.25) is 0 Å². The summed E-state index contributed by atoms with van der Waals surface area (Å²) >= 11 is 0. The third kappa shape index (κ3) is 9.23. The lowest BCUT2D eigenvalue weighted by molar-refractivity contribution is -0.117. The van der Waals surface area contributed by atoms with Gasteiger partial charge in [-0.05, 0) is 33.9 Å². The van der Waals surface area contributed by atoms with Crippen molar-refractivity contribution in [2.24, 2.45) is 0 Å². The second-order valence-corrected chi connectivity index (χ2v) is 5.04. The maximum Gasteiger partial charge on any atom is 0.246 e. The smallest absolute Gasteiger partial charge is 0.246 e. The van der Waals surface area contributed by atoms with Crippen molar-refractivity contribution in [2.75, 3.05) is 27.2 Å². The van der Waals surface area contributed by atoms with Crippen molar-refractivity contribution in [3.05, 3.63) is 11.6 Å². The molecule has 0 aromatic carbocycles. The molecule has 0 heterocycles. The Kier molecular flexibility index (Phi) is 10.8. The second-order valence-electron chi connectivity index (χ2n) is 5.04. The quantitative estimate of drug-likeness (QED) is 0.480. The highest BCUT2D eigenvalue weighted by molar-refractivity contribution is 5.93. The summed E-state index contributed by atoms with van der Waals surface area (Å²) in [6, 6.07) is 0. The number of hydrogen-bond acceptors (Lipinski definition) is 2.